The zero-order valence-electron chi connectivity index (χ0n) is 20.0. The van der Waals surface area contributed by atoms with Crippen molar-refractivity contribution in [3.63, 3.8) is 0 Å². The van der Waals surface area contributed by atoms with E-state index in [1.54, 1.807) is 4.90 Å². The van der Waals surface area contributed by atoms with E-state index >= 15 is 0 Å². The minimum atomic E-state index is -0.129. The largest absolute Gasteiger partial charge is 0.348 e. The Hall–Kier alpha value is -3.06. The number of likely N-dealkylation sites (N-methyl/N-ethyl adjacent to an activating group) is 1. The fraction of sp³-hybridized carbons (Fsp3) is 0.462. The molecule has 1 unspecified atom stereocenters. The van der Waals surface area contributed by atoms with Crippen LogP contribution in [0.2, 0.25) is 0 Å². The van der Waals surface area contributed by atoms with Crippen molar-refractivity contribution in [3.8, 4) is 0 Å². The Morgan fingerprint density at radius 1 is 1.30 bits per heavy atom. The third-order valence-corrected chi connectivity index (χ3v) is 6.64. The van der Waals surface area contributed by atoms with Crippen LogP contribution in [0.25, 0.3) is 5.57 Å². The van der Waals surface area contributed by atoms with E-state index in [9.17, 15) is 4.79 Å². The number of pyridine rings is 1. The Balaban J connectivity index is 1.47. The van der Waals surface area contributed by atoms with Gasteiger partial charge in [0, 0.05) is 32.9 Å². The van der Waals surface area contributed by atoms with Crippen LogP contribution in [0.1, 0.15) is 44.6 Å². The normalized spacial score (nSPS) is 22.2. The van der Waals surface area contributed by atoms with Crippen LogP contribution in [-0.2, 0) is 4.79 Å². The van der Waals surface area contributed by atoms with Crippen molar-refractivity contribution in [3.05, 3.63) is 65.8 Å². The minimum absolute atomic E-state index is 0.0357. The second kappa shape index (κ2) is 10.3. The molecule has 3 N–H and O–H groups in total. The number of nitrogens with one attached hydrogen (secondary N) is 3. The Kier molecular flexibility index (Phi) is 7.18. The highest BCUT2D eigenvalue weighted by Crippen LogP contribution is 2.35. The molecule has 0 bridgehead atoms. The Bertz CT molecular complexity index is 969. The van der Waals surface area contributed by atoms with Crippen LogP contribution in [-0.4, -0.2) is 60.1 Å². The van der Waals surface area contributed by atoms with Crippen LogP contribution in [0.15, 0.2) is 60.2 Å². The standard InChI is InChI=1S/C26H36N6O/c1-5-19-16-23(26(33)31(3)4)32(22-8-6-7-9-22)25(19)30-18(2)29-24-11-10-21(17-28-24)20-12-14-27-15-13-20/h5,10-12,16-17,22,25,27,30H,2,6-9,13-15H2,1,3-4H3,(H,28,29)/b19-5-. The molecular weight excluding hydrogens is 412 g/mol. The molecule has 1 saturated carbocycles. The number of carbonyl (C=O) groups is 1. The minimum Gasteiger partial charge on any atom is -0.348 e. The van der Waals surface area contributed by atoms with Crippen LogP contribution >= 0.6 is 0 Å². The van der Waals surface area contributed by atoms with E-state index in [0.717, 1.165) is 55.0 Å². The number of hydrogen-bond acceptors (Lipinski definition) is 6. The van der Waals surface area contributed by atoms with E-state index in [2.05, 4.69) is 50.6 Å². The molecule has 1 aromatic heterocycles. The Morgan fingerprint density at radius 3 is 2.70 bits per heavy atom. The first-order valence-corrected chi connectivity index (χ1v) is 11.9. The highest BCUT2D eigenvalue weighted by molar-refractivity contribution is 5.94. The molecule has 3 heterocycles. The number of hydrogen-bond donors (Lipinski definition) is 3. The van der Waals surface area contributed by atoms with Gasteiger partial charge in [0.05, 0.1) is 5.82 Å². The first-order chi connectivity index (χ1) is 16.0. The van der Waals surface area contributed by atoms with E-state index in [4.69, 9.17) is 0 Å². The molecule has 1 aromatic rings. The first-order valence-electron chi connectivity index (χ1n) is 11.9. The van der Waals surface area contributed by atoms with Crippen molar-refractivity contribution < 1.29 is 4.79 Å². The lowest BCUT2D eigenvalue weighted by Crippen LogP contribution is -2.49. The molecule has 3 aliphatic rings. The molecule has 2 aliphatic heterocycles. The van der Waals surface area contributed by atoms with E-state index in [0.29, 0.717) is 11.9 Å². The van der Waals surface area contributed by atoms with E-state index in [1.807, 2.05) is 39.4 Å². The van der Waals surface area contributed by atoms with Crippen LogP contribution in [0.3, 0.4) is 0 Å². The summed E-state index contributed by atoms with van der Waals surface area (Å²) < 4.78 is 0. The van der Waals surface area contributed by atoms with Gasteiger partial charge in [-0.05, 0) is 67.6 Å². The summed E-state index contributed by atoms with van der Waals surface area (Å²) in [6.45, 7) is 8.14. The maximum absolute atomic E-state index is 13.0. The van der Waals surface area contributed by atoms with Gasteiger partial charge in [0.25, 0.3) is 5.91 Å². The predicted octanol–water partition coefficient (Wildman–Crippen LogP) is 3.43. The zero-order valence-corrected chi connectivity index (χ0v) is 20.0. The summed E-state index contributed by atoms with van der Waals surface area (Å²) in [6, 6.07) is 4.44. The fourth-order valence-electron chi connectivity index (χ4n) is 4.89. The second-order valence-corrected chi connectivity index (χ2v) is 9.13. The molecule has 0 spiro atoms. The first kappa shape index (κ1) is 23.1. The van der Waals surface area contributed by atoms with Crippen molar-refractivity contribution in [2.45, 2.75) is 51.2 Å². The van der Waals surface area contributed by atoms with Gasteiger partial charge in [0.2, 0.25) is 0 Å². The summed E-state index contributed by atoms with van der Waals surface area (Å²) in [7, 11) is 3.61. The summed E-state index contributed by atoms with van der Waals surface area (Å²) in [5.74, 6) is 1.44. The zero-order chi connectivity index (χ0) is 23.4. The lowest BCUT2D eigenvalue weighted by Gasteiger charge is -2.37. The Labute approximate surface area is 197 Å². The van der Waals surface area contributed by atoms with Crippen molar-refractivity contribution in [2.75, 3.05) is 32.5 Å². The number of carbonyl (C=O) groups excluding carboxylic acids is 1. The summed E-state index contributed by atoms with van der Waals surface area (Å²) in [5, 5.41) is 10.2. The maximum atomic E-state index is 13.0. The predicted molar refractivity (Wildman–Crippen MR) is 134 cm³/mol. The second-order valence-electron chi connectivity index (χ2n) is 9.13. The van der Waals surface area contributed by atoms with Gasteiger partial charge in [0.1, 0.15) is 17.7 Å². The van der Waals surface area contributed by atoms with Gasteiger partial charge in [-0.3, -0.25) is 4.79 Å². The Morgan fingerprint density at radius 2 is 2.09 bits per heavy atom. The van der Waals surface area contributed by atoms with Gasteiger partial charge < -0.3 is 25.8 Å². The van der Waals surface area contributed by atoms with E-state index in [1.165, 1.54) is 18.4 Å². The van der Waals surface area contributed by atoms with E-state index < -0.39 is 0 Å². The fourth-order valence-corrected chi connectivity index (χ4v) is 4.89. The number of amides is 1. The molecule has 1 atom stereocenters. The van der Waals surface area contributed by atoms with Crippen molar-refractivity contribution in [1.29, 1.82) is 0 Å². The van der Waals surface area contributed by atoms with Crippen LogP contribution < -0.4 is 16.0 Å². The SMILES string of the molecule is C=C(Nc1ccc(C2=CCNCC2)cn1)NC1/C(=C\C)C=C(C(=O)N(C)C)N1C1CCCC1. The van der Waals surface area contributed by atoms with E-state index in [-0.39, 0.29) is 12.1 Å². The summed E-state index contributed by atoms with van der Waals surface area (Å²) in [5.41, 5.74) is 4.33. The number of rotatable bonds is 7. The molecular formula is C26H36N6O. The molecule has 7 heteroatoms. The molecule has 1 fully saturated rings. The average molecular weight is 449 g/mol. The lowest BCUT2D eigenvalue weighted by molar-refractivity contribution is -0.126. The van der Waals surface area contributed by atoms with Gasteiger partial charge in [-0.25, -0.2) is 4.98 Å². The van der Waals surface area contributed by atoms with Gasteiger partial charge in [-0.1, -0.05) is 31.6 Å². The molecule has 1 amide bonds. The highest BCUT2D eigenvalue weighted by atomic mass is 16.2. The summed E-state index contributed by atoms with van der Waals surface area (Å²) in [4.78, 5) is 21.5. The third-order valence-electron chi connectivity index (χ3n) is 6.64. The van der Waals surface area contributed by atoms with Gasteiger partial charge >= 0.3 is 0 Å². The third kappa shape index (κ3) is 5.14. The highest BCUT2D eigenvalue weighted by Gasteiger charge is 2.39. The van der Waals surface area contributed by atoms with Crippen molar-refractivity contribution >= 4 is 17.3 Å². The van der Waals surface area contributed by atoms with Crippen molar-refractivity contribution in [1.82, 2.24) is 25.4 Å². The lowest BCUT2D eigenvalue weighted by atomic mass is 10.0. The number of aromatic nitrogens is 1. The number of nitrogens with zero attached hydrogens (tertiary/aromatic N) is 3. The molecule has 0 radical (unpaired) electrons. The quantitative estimate of drug-likeness (QED) is 0.594. The summed E-state index contributed by atoms with van der Waals surface area (Å²) in [6.07, 6.45) is 13.7. The topological polar surface area (TPSA) is 72.5 Å². The smallest absolute Gasteiger partial charge is 0.269 e. The van der Waals surface area contributed by atoms with Gasteiger partial charge in [-0.2, -0.15) is 0 Å². The summed E-state index contributed by atoms with van der Waals surface area (Å²) >= 11 is 0. The molecule has 0 aromatic carbocycles. The number of anilines is 1. The van der Waals surface area contributed by atoms with Crippen LogP contribution in [0.4, 0.5) is 5.82 Å². The molecule has 7 nitrogen and oxygen atoms in total. The molecule has 0 saturated heterocycles. The molecule has 176 valence electrons. The monoisotopic (exact) mass is 448 g/mol. The average Bonchev–Trinajstić information content (AvgIpc) is 3.47. The van der Waals surface area contributed by atoms with Crippen LogP contribution in [0, 0.1) is 0 Å². The van der Waals surface area contributed by atoms with Gasteiger partial charge in [0.15, 0.2) is 0 Å². The molecule has 33 heavy (non-hydrogen) atoms. The van der Waals surface area contributed by atoms with Gasteiger partial charge in [-0.15, -0.1) is 0 Å². The van der Waals surface area contributed by atoms with Crippen molar-refractivity contribution in [2.24, 2.45) is 0 Å². The molecule has 1 aliphatic carbocycles. The number of allylic oxidation sites excluding steroid dienone is 1. The van der Waals surface area contributed by atoms with Crippen LogP contribution in [0.5, 0.6) is 0 Å². The molecule has 4 rings (SSSR count). The maximum Gasteiger partial charge on any atom is 0.269 e.